The fourth-order valence-corrected chi connectivity index (χ4v) is 1.02. The maximum Gasteiger partial charge on any atom is 0.236 e. The molecule has 0 heterocycles. The predicted molar refractivity (Wildman–Crippen MR) is 66.4 cm³/mol. The number of nitrogens with one attached hydrogen (secondary N) is 2. The van der Waals surface area contributed by atoms with Crippen molar-refractivity contribution in [1.29, 1.82) is 0 Å². The Morgan fingerprint density at radius 2 is 1.00 bits per heavy atom. The zero-order valence-corrected chi connectivity index (χ0v) is 10.9. The van der Waals surface area contributed by atoms with E-state index in [0.717, 1.165) is 0 Å². The Morgan fingerprint density at radius 1 is 0.684 bits per heavy atom. The van der Waals surface area contributed by atoms with Crippen LogP contribution in [0.4, 0.5) is 0 Å². The summed E-state index contributed by atoms with van der Waals surface area (Å²) in [4.78, 5) is 21.4. The molecule has 0 bridgehead atoms. The van der Waals surface area contributed by atoms with Gasteiger partial charge in [0.2, 0.25) is 11.8 Å². The summed E-state index contributed by atoms with van der Waals surface area (Å²) < 4.78 is 15.5. The predicted octanol–water partition coefficient (Wildman–Crippen LogP) is -2.20. The van der Waals surface area contributed by atoms with Crippen LogP contribution >= 0.6 is 0 Å². The van der Waals surface area contributed by atoms with Gasteiger partial charge in [0.15, 0.2) is 0 Å². The minimum Gasteiger partial charge on any atom is -0.379 e. The van der Waals surface area contributed by atoms with Crippen LogP contribution < -0.4 is 22.5 Å². The van der Waals surface area contributed by atoms with Crippen molar-refractivity contribution in [2.75, 3.05) is 39.6 Å². The second-order valence-electron chi connectivity index (χ2n) is 3.47. The first-order chi connectivity index (χ1) is 9.20. The van der Waals surface area contributed by atoms with Gasteiger partial charge in [-0.1, -0.05) is 0 Å². The summed E-state index contributed by atoms with van der Waals surface area (Å²) in [6.45, 7) is 2.23. The summed E-state index contributed by atoms with van der Waals surface area (Å²) in [7, 11) is 0. The van der Waals surface area contributed by atoms with Gasteiger partial charge in [-0.2, -0.15) is 0 Å². The van der Waals surface area contributed by atoms with Gasteiger partial charge in [-0.05, 0) is 0 Å². The third-order valence-corrected chi connectivity index (χ3v) is 2.01. The van der Waals surface area contributed by atoms with E-state index in [1.165, 1.54) is 0 Å². The maximum atomic E-state index is 10.7. The molecule has 0 spiro atoms. The van der Waals surface area contributed by atoms with E-state index in [9.17, 15) is 9.59 Å². The molecule has 0 aliphatic rings. The van der Waals surface area contributed by atoms with Crippen molar-refractivity contribution >= 4 is 11.8 Å². The summed E-state index contributed by atoms with van der Waals surface area (Å²) in [5.74, 6) is 9.25. The summed E-state index contributed by atoms with van der Waals surface area (Å²) in [6, 6.07) is 0. The van der Waals surface area contributed by atoms with Gasteiger partial charge < -0.3 is 14.2 Å². The number of carbonyl (C=O) groups is 2. The first kappa shape index (κ1) is 17.7. The first-order valence-electron chi connectivity index (χ1n) is 5.92. The van der Waals surface area contributed by atoms with Crippen molar-refractivity contribution < 1.29 is 23.8 Å². The molecule has 0 atom stereocenters. The van der Waals surface area contributed by atoms with Crippen molar-refractivity contribution in [3.05, 3.63) is 0 Å². The van der Waals surface area contributed by atoms with Crippen LogP contribution in [-0.2, 0) is 23.8 Å². The maximum absolute atomic E-state index is 10.7. The zero-order chi connectivity index (χ0) is 14.3. The minimum absolute atomic E-state index is 0.225. The van der Waals surface area contributed by atoms with Gasteiger partial charge in [0.05, 0.1) is 52.5 Å². The number of hydrogen-bond acceptors (Lipinski definition) is 7. The van der Waals surface area contributed by atoms with Gasteiger partial charge >= 0.3 is 0 Å². The molecule has 0 aromatic carbocycles. The third kappa shape index (κ3) is 13.0. The second kappa shape index (κ2) is 13.2. The van der Waals surface area contributed by atoms with Gasteiger partial charge in [0.1, 0.15) is 0 Å². The molecule has 2 amide bonds. The molecule has 0 radical (unpaired) electrons. The van der Waals surface area contributed by atoms with E-state index in [-0.39, 0.29) is 24.7 Å². The molecular weight excluding hydrogens is 256 g/mol. The SMILES string of the molecule is NNC(=O)CCOCCOCCOCCC(=O)NN. The summed E-state index contributed by atoms with van der Waals surface area (Å²) in [5, 5.41) is 0. The topological polar surface area (TPSA) is 138 Å². The van der Waals surface area contributed by atoms with E-state index in [1.807, 2.05) is 10.9 Å². The Bertz CT molecular complexity index is 228. The average Bonchev–Trinajstić information content (AvgIpc) is 2.43. The smallest absolute Gasteiger partial charge is 0.236 e. The Hall–Kier alpha value is -1.26. The Balaban J connectivity index is 3.07. The number of nitrogens with two attached hydrogens (primary N) is 2. The monoisotopic (exact) mass is 278 g/mol. The van der Waals surface area contributed by atoms with Gasteiger partial charge in [-0.15, -0.1) is 0 Å². The van der Waals surface area contributed by atoms with Crippen LogP contribution in [0, 0.1) is 0 Å². The molecule has 0 aromatic heterocycles. The highest BCUT2D eigenvalue weighted by Gasteiger charge is 1.98. The number of rotatable bonds is 12. The average molecular weight is 278 g/mol. The number of carbonyl (C=O) groups excluding carboxylic acids is 2. The molecule has 0 saturated heterocycles. The van der Waals surface area contributed by atoms with Crippen LogP contribution in [0.25, 0.3) is 0 Å². The highest BCUT2D eigenvalue weighted by Crippen LogP contribution is 1.86. The lowest BCUT2D eigenvalue weighted by Crippen LogP contribution is -2.30. The Morgan fingerprint density at radius 3 is 1.32 bits per heavy atom. The molecule has 9 nitrogen and oxygen atoms in total. The van der Waals surface area contributed by atoms with Crippen molar-refractivity contribution in [2.45, 2.75) is 12.8 Å². The van der Waals surface area contributed by atoms with Crippen LogP contribution in [0.15, 0.2) is 0 Å². The normalized spacial score (nSPS) is 10.2. The summed E-state index contributed by atoms with van der Waals surface area (Å²) in [6.07, 6.45) is 0.450. The highest BCUT2D eigenvalue weighted by atomic mass is 16.5. The van der Waals surface area contributed by atoms with Crippen molar-refractivity contribution in [2.24, 2.45) is 11.7 Å². The third-order valence-electron chi connectivity index (χ3n) is 2.01. The Labute approximate surface area is 111 Å². The van der Waals surface area contributed by atoms with E-state index in [2.05, 4.69) is 0 Å². The van der Waals surface area contributed by atoms with Gasteiger partial charge in [-0.3, -0.25) is 20.4 Å². The lowest BCUT2D eigenvalue weighted by atomic mass is 10.4. The number of hydrogen-bond donors (Lipinski definition) is 4. The second-order valence-corrected chi connectivity index (χ2v) is 3.47. The van der Waals surface area contributed by atoms with E-state index < -0.39 is 0 Å². The number of hydrazine groups is 2. The quantitative estimate of drug-likeness (QED) is 0.137. The summed E-state index contributed by atoms with van der Waals surface area (Å²) >= 11 is 0. The molecule has 0 aliphatic heterocycles. The molecule has 112 valence electrons. The fourth-order valence-electron chi connectivity index (χ4n) is 1.02. The van der Waals surface area contributed by atoms with Crippen LogP contribution in [0.1, 0.15) is 12.8 Å². The fraction of sp³-hybridized carbons (Fsp3) is 0.800. The number of amides is 2. The van der Waals surface area contributed by atoms with Crippen LogP contribution in [0.2, 0.25) is 0 Å². The van der Waals surface area contributed by atoms with E-state index in [0.29, 0.717) is 39.6 Å². The van der Waals surface area contributed by atoms with Gasteiger partial charge in [-0.25, -0.2) is 11.7 Å². The molecule has 0 rings (SSSR count). The standard InChI is InChI=1S/C10H22N4O5/c11-13-9(15)1-3-17-5-7-19-8-6-18-4-2-10(16)14-12/h1-8,11-12H2,(H,13,15)(H,14,16). The molecule has 9 heteroatoms. The van der Waals surface area contributed by atoms with Gasteiger partial charge in [0.25, 0.3) is 0 Å². The van der Waals surface area contributed by atoms with E-state index in [1.54, 1.807) is 0 Å². The van der Waals surface area contributed by atoms with Crippen molar-refractivity contribution in [3.8, 4) is 0 Å². The lowest BCUT2D eigenvalue weighted by Gasteiger charge is -2.06. The molecule has 0 aliphatic carbocycles. The van der Waals surface area contributed by atoms with E-state index >= 15 is 0 Å². The largest absolute Gasteiger partial charge is 0.379 e. The van der Waals surface area contributed by atoms with Crippen LogP contribution in [-0.4, -0.2) is 51.5 Å². The lowest BCUT2D eigenvalue weighted by molar-refractivity contribution is -0.123. The highest BCUT2D eigenvalue weighted by molar-refractivity contribution is 5.75. The Kier molecular flexibility index (Phi) is 12.3. The zero-order valence-electron chi connectivity index (χ0n) is 10.9. The van der Waals surface area contributed by atoms with Crippen molar-refractivity contribution in [1.82, 2.24) is 10.9 Å². The minimum atomic E-state index is -0.268. The molecule has 19 heavy (non-hydrogen) atoms. The van der Waals surface area contributed by atoms with Crippen molar-refractivity contribution in [3.63, 3.8) is 0 Å². The molecule has 0 fully saturated rings. The molecular formula is C10H22N4O5. The first-order valence-corrected chi connectivity index (χ1v) is 5.92. The van der Waals surface area contributed by atoms with Crippen LogP contribution in [0.3, 0.4) is 0 Å². The summed E-state index contributed by atoms with van der Waals surface area (Å²) in [5.41, 5.74) is 4.01. The van der Waals surface area contributed by atoms with E-state index in [4.69, 9.17) is 25.9 Å². The van der Waals surface area contributed by atoms with Gasteiger partial charge in [0, 0.05) is 0 Å². The van der Waals surface area contributed by atoms with Crippen LogP contribution in [0.5, 0.6) is 0 Å². The molecule has 0 aromatic rings. The molecule has 0 unspecified atom stereocenters. The molecule has 6 N–H and O–H groups in total. The molecule has 0 saturated carbocycles. The number of ether oxygens (including phenoxy) is 3.